The zero-order valence-electron chi connectivity index (χ0n) is 13.2. The van der Waals surface area contributed by atoms with Gasteiger partial charge in [-0.3, -0.25) is 0 Å². The molecule has 1 aromatic carbocycles. The molecule has 4 nitrogen and oxygen atoms in total. The minimum Gasteiger partial charge on any atom is -0.396 e. The first-order valence-electron chi connectivity index (χ1n) is 7.16. The number of benzene rings is 1. The summed E-state index contributed by atoms with van der Waals surface area (Å²) in [4.78, 5) is 14.1. The molecule has 0 atom stereocenters. The van der Waals surface area contributed by atoms with Gasteiger partial charge in [0.05, 0.1) is 0 Å². The Morgan fingerprint density at radius 3 is 2.57 bits per heavy atom. The zero-order chi connectivity index (χ0) is 16.0. The fraction of sp³-hybridized carbons (Fsp3) is 0.562. The lowest BCUT2D eigenvalue weighted by Crippen LogP contribution is -2.41. The standard InChI is InChI=1S/C16H25FN2O2/c1-12-10-13(17)6-7-14(12)18-15(21)19(8-5-9-20)11-16(2,3)4/h6-7,10,20H,5,8-9,11H2,1-4H3,(H,18,21). The molecule has 2 amide bonds. The van der Waals surface area contributed by atoms with Gasteiger partial charge in [-0.2, -0.15) is 0 Å². The largest absolute Gasteiger partial charge is 0.396 e. The van der Waals surface area contributed by atoms with Gasteiger partial charge in [0.25, 0.3) is 0 Å². The van der Waals surface area contributed by atoms with E-state index in [1.165, 1.54) is 12.1 Å². The monoisotopic (exact) mass is 296 g/mol. The van der Waals surface area contributed by atoms with Crippen molar-refractivity contribution in [3.05, 3.63) is 29.6 Å². The first-order chi connectivity index (χ1) is 9.73. The highest BCUT2D eigenvalue weighted by atomic mass is 19.1. The maximum atomic E-state index is 13.1. The second-order valence-electron chi connectivity index (χ2n) is 6.45. The van der Waals surface area contributed by atoms with Gasteiger partial charge >= 0.3 is 6.03 Å². The third-order valence-electron chi connectivity index (χ3n) is 2.97. The third-order valence-corrected chi connectivity index (χ3v) is 2.97. The van der Waals surface area contributed by atoms with Crippen LogP contribution in [-0.4, -0.2) is 35.7 Å². The minimum absolute atomic E-state index is 0.0371. The van der Waals surface area contributed by atoms with Crippen LogP contribution in [0, 0.1) is 18.2 Å². The number of urea groups is 1. The number of carbonyl (C=O) groups is 1. The van der Waals surface area contributed by atoms with Crippen molar-refractivity contribution in [3.8, 4) is 0 Å². The number of nitrogens with zero attached hydrogens (tertiary/aromatic N) is 1. The van der Waals surface area contributed by atoms with Crippen molar-refractivity contribution in [2.75, 3.05) is 25.0 Å². The summed E-state index contributed by atoms with van der Waals surface area (Å²) in [6.07, 6.45) is 0.534. The summed E-state index contributed by atoms with van der Waals surface area (Å²) in [7, 11) is 0. The lowest BCUT2D eigenvalue weighted by Gasteiger charge is -2.30. The fourth-order valence-corrected chi connectivity index (χ4v) is 2.05. The van der Waals surface area contributed by atoms with E-state index >= 15 is 0 Å². The van der Waals surface area contributed by atoms with Crippen molar-refractivity contribution in [2.45, 2.75) is 34.1 Å². The minimum atomic E-state index is -0.322. The Balaban J connectivity index is 2.79. The first kappa shape index (κ1) is 17.4. The highest BCUT2D eigenvalue weighted by Crippen LogP contribution is 2.19. The van der Waals surface area contributed by atoms with E-state index in [0.717, 1.165) is 0 Å². The number of nitrogens with one attached hydrogen (secondary N) is 1. The van der Waals surface area contributed by atoms with Crippen molar-refractivity contribution in [3.63, 3.8) is 0 Å². The molecule has 0 saturated heterocycles. The number of anilines is 1. The molecule has 0 aliphatic carbocycles. The van der Waals surface area contributed by atoms with Crippen molar-refractivity contribution in [2.24, 2.45) is 5.41 Å². The van der Waals surface area contributed by atoms with Crippen molar-refractivity contribution < 1.29 is 14.3 Å². The number of halogens is 1. The van der Waals surface area contributed by atoms with Crippen molar-refractivity contribution in [1.82, 2.24) is 4.90 Å². The van der Waals surface area contributed by atoms with E-state index in [4.69, 9.17) is 5.11 Å². The summed E-state index contributed by atoms with van der Waals surface area (Å²) < 4.78 is 13.1. The number of rotatable bonds is 5. The second kappa shape index (κ2) is 7.41. The highest BCUT2D eigenvalue weighted by Gasteiger charge is 2.21. The summed E-state index contributed by atoms with van der Waals surface area (Å²) in [6.45, 7) is 9.02. The van der Waals surface area contributed by atoms with Gasteiger partial charge in [0.15, 0.2) is 0 Å². The molecule has 0 bridgehead atoms. The molecule has 0 aromatic heterocycles. The number of aryl methyl sites for hydroxylation is 1. The average molecular weight is 296 g/mol. The Morgan fingerprint density at radius 1 is 1.38 bits per heavy atom. The van der Waals surface area contributed by atoms with Gasteiger partial charge in [0.1, 0.15) is 5.82 Å². The summed E-state index contributed by atoms with van der Waals surface area (Å²) in [6, 6.07) is 4.04. The Bertz CT molecular complexity index is 484. The van der Waals surface area contributed by atoms with Crippen LogP contribution < -0.4 is 5.32 Å². The molecule has 0 radical (unpaired) electrons. The normalized spacial score (nSPS) is 11.3. The van der Waals surface area contributed by atoms with Crippen LogP contribution in [0.2, 0.25) is 0 Å². The molecule has 1 aromatic rings. The molecule has 5 heteroatoms. The summed E-state index contributed by atoms with van der Waals surface area (Å²) in [5, 5.41) is 11.8. The lowest BCUT2D eigenvalue weighted by molar-refractivity contribution is 0.176. The van der Waals surface area contributed by atoms with Crippen LogP contribution in [0.4, 0.5) is 14.9 Å². The molecular weight excluding hydrogens is 271 g/mol. The molecule has 0 heterocycles. The van der Waals surface area contributed by atoms with Gasteiger partial charge in [0, 0.05) is 25.4 Å². The lowest BCUT2D eigenvalue weighted by atomic mass is 9.96. The molecule has 0 fully saturated rings. The first-order valence-corrected chi connectivity index (χ1v) is 7.16. The molecule has 21 heavy (non-hydrogen) atoms. The summed E-state index contributed by atoms with van der Waals surface area (Å²) in [5.41, 5.74) is 1.25. The van der Waals surface area contributed by atoms with Crippen LogP contribution in [0.1, 0.15) is 32.8 Å². The van der Waals surface area contributed by atoms with Gasteiger partial charge in [-0.1, -0.05) is 20.8 Å². The van der Waals surface area contributed by atoms with E-state index in [0.29, 0.717) is 30.8 Å². The highest BCUT2D eigenvalue weighted by molar-refractivity contribution is 5.90. The number of amides is 2. The molecule has 1 rings (SSSR count). The predicted octanol–water partition coefficient (Wildman–Crippen LogP) is 3.40. The second-order valence-corrected chi connectivity index (χ2v) is 6.45. The van der Waals surface area contributed by atoms with E-state index in [1.54, 1.807) is 17.9 Å². The van der Waals surface area contributed by atoms with E-state index in [2.05, 4.69) is 26.1 Å². The summed E-state index contributed by atoms with van der Waals surface area (Å²) in [5.74, 6) is -0.322. The number of hydrogen-bond acceptors (Lipinski definition) is 2. The molecule has 0 spiro atoms. The van der Waals surface area contributed by atoms with Crippen LogP contribution in [0.5, 0.6) is 0 Å². The van der Waals surface area contributed by atoms with Crippen LogP contribution in [-0.2, 0) is 0 Å². The molecule has 0 unspecified atom stereocenters. The zero-order valence-corrected chi connectivity index (χ0v) is 13.2. The summed E-state index contributed by atoms with van der Waals surface area (Å²) >= 11 is 0. The van der Waals surface area contributed by atoms with Crippen LogP contribution in [0.25, 0.3) is 0 Å². The van der Waals surface area contributed by atoms with Gasteiger partial charge in [-0.15, -0.1) is 0 Å². The number of aliphatic hydroxyl groups is 1. The molecule has 0 aliphatic rings. The predicted molar refractivity (Wildman–Crippen MR) is 82.9 cm³/mol. The van der Waals surface area contributed by atoms with Crippen LogP contribution in [0.15, 0.2) is 18.2 Å². The number of carbonyl (C=O) groups excluding carboxylic acids is 1. The smallest absolute Gasteiger partial charge is 0.321 e. The van der Waals surface area contributed by atoms with Crippen LogP contribution in [0.3, 0.4) is 0 Å². The van der Waals surface area contributed by atoms with Gasteiger partial charge < -0.3 is 15.3 Å². The molecule has 2 N–H and O–H groups in total. The average Bonchev–Trinajstić information content (AvgIpc) is 2.36. The van der Waals surface area contributed by atoms with Crippen molar-refractivity contribution in [1.29, 1.82) is 0 Å². The quantitative estimate of drug-likeness (QED) is 0.875. The number of hydrogen-bond donors (Lipinski definition) is 2. The molecule has 0 saturated carbocycles. The van der Waals surface area contributed by atoms with Crippen molar-refractivity contribution >= 4 is 11.7 Å². The van der Waals surface area contributed by atoms with E-state index < -0.39 is 0 Å². The topological polar surface area (TPSA) is 52.6 Å². The Hall–Kier alpha value is -1.62. The molecular formula is C16H25FN2O2. The maximum absolute atomic E-state index is 13.1. The maximum Gasteiger partial charge on any atom is 0.321 e. The molecule has 118 valence electrons. The Morgan fingerprint density at radius 2 is 2.05 bits per heavy atom. The SMILES string of the molecule is Cc1cc(F)ccc1NC(=O)N(CCCO)CC(C)(C)C. The van der Waals surface area contributed by atoms with E-state index in [-0.39, 0.29) is 23.9 Å². The van der Waals surface area contributed by atoms with Gasteiger partial charge in [0.2, 0.25) is 0 Å². The van der Waals surface area contributed by atoms with Gasteiger partial charge in [-0.25, -0.2) is 9.18 Å². The third kappa shape index (κ3) is 6.12. The number of aliphatic hydroxyl groups excluding tert-OH is 1. The Labute approximate surface area is 126 Å². The van der Waals surface area contributed by atoms with Crippen LogP contribution >= 0.6 is 0 Å². The van der Waals surface area contributed by atoms with E-state index in [9.17, 15) is 9.18 Å². The molecule has 0 aliphatic heterocycles. The van der Waals surface area contributed by atoms with Gasteiger partial charge in [-0.05, 0) is 42.5 Å². The fourth-order valence-electron chi connectivity index (χ4n) is 2.05. The van der Waals surface area contributed by atoms with E-state index in [1.807, 2.05) is 0 Å². The Kier molecular flexibility index (Phi) is 6.15.